The zero-order chi connectivity index (χ0) is 19.5. The second-order valence-electron chi connectivity index (χ2n) is 7.84. The Kier molecular flexibility index (Phi) is 5.56. The molecule has 0 N–H and O–H groups in total. The van der Waals surface area contributed by atoms with Gasteiger partial charge < -0.3 is 14.2 Å². The molecule has 4 nitrogen and oxygen atoms in total. The van der Waals surface area contributed by atoms with Gasteiger partial charge in [0, 0.05) is 17.9 Å². The van der Waals surface area contributed by atoms with E-state index in [1.807, 2.05) is 24.3 Å². The van der Waals surface area contributed by atoms with Crippen molar-refractivity contribution in [2.24, 2.45) is 0 Å². The smallest absolute Gasteiger partial charge is 0.338 e. The zero-order valence-electron chi connectivity index (χ0n) is 16.6. The minimum absolute atomic E-state index is 0.0273. The number of ether oxygens (including phenoxy) is 3. The van der Waals surface area contributed by atoms with Crippen molar-refractivity contribution in [2.45, 2.75) is 63.6 Å². The summed E-state index contributed by atoms with van der Waals surface area (Å²) in [5.74, 6) is 1.40. The summed E-state index contributed by atoms with van der Waals surface area (Å²) in [6, 6.07) is 13.4. The predicted octanol–water partition coefficient (Wildman–Crippen LogP) is 5.29. The van der Waals surface area contributed by atoms with Gasteiger partial charge in [-0.25, -0.2) is 4.79 Å². The number of methoxy groups -OCH3 is 1. The lowest BCUT2D eigenvalue weighted by Gasteiger charge is -2.25. The molecule has 3 atom stereocenters. The second kappa shape index (κ2) is 8.26. The second-order valence-corrected chi connectivity index (χ2v) is 7.84. The lowest BCUT2D eigenvalue weighted by molar-refractivity contribution is 0.0140. The summed E-state index contributed by atoms with van der Waals surface area (Å²) in [6.45, 7) is 2.15. The molecule has 28 heavy (non-hydrogen) atoms. The molecule has 0 spiro atoms. The minimum Gasteiger partial charge on any atom is -0.493 e. The fourth-order valence-corrected chi connectivity index (χ4v) is 4.45. The zero-order valence-corrected chi connectivity index (χ0v) is 16.6. The highest BCUT2D eigenvalue weighted by molar-refractivity contribution is 5.89. The van der Waals surface area contributed by atoms with Crippen molar-refractivity contribution in [1.82, 2.24) is 0 Å². The maximum atomic E-state index is 12.7. The highest BCUT2D eigenvalue weighted by Crippen LogP contribution is 2.45. The van der Waals surface area contributed by atoms with Crippen LogP contribution in [0.15, 0.2) is 42.5 Å². The largest absolute Gasteiger partial charge is 0.493 e. The molecule has 4 bridgehead atoms. The predicted molar refractivity (Wildman–Crippen MR) is 108 cm³/mol. The van der Waals surface area contributed by atoms with Gasteiger partial charge >= 0.3 is 5.97 Å². The third-order valence-electron chi connectivity index (χ3n) is 6.00. The fraction of sp³-hybridized carbons (Fsp3) is 0.458. The standard InChI is InChI=1S/C24H28O4/c1-16-21(28-24(25)18-10-6-3-7-11-18)15-19-12-8-4-5-9-17-13-14-20(26-2)23(27-19)22(16)17/h3,6-7,10-11,13-14,16,19,21H,4-5,8-9,12,15H2,1-2H3/t16-,19?,21+/m0/s1. The molecule has 0 radical (unpaired) electrons. The van der Waals surface area contributed by atoms with E-state index in [0.717, 1.165) is 36.3 Å². The average Bonchev–Trinajstić information content (AvgIpc) is 2.86. The van der Waals surface area contributed by atoms with Gasteiger partial charge in [-0.05, 0) is 49.4 Å². The summed E-state index contributed by atoms with van der Waals surface area (Å²) in [7, 11) is 1.68. The summed E-state index contributed by atoms with van der Waals surface area (Å²) in [4.78, 5) is 12.7. The molecule has 2 aromatic rings. The molecule has 0 fully saturated rings. The minimum atomic E-state index is -0.265. The van der Waals surface area contributed by atoms with Crippen LogP contribution in [0.3, 0.4) is 0 Å². The van der Waals surface area contributed by atoms with Crippen molar-refractivity contribution in [1.29, 1.82) is 0 Å². The number of fused-ring (bicyclic) bond motifs is 1. The van der Waals surface area contributed by atoms with Gasteiger partial charge in [0.2, 0.25) is 0 Å². The molecule has 0 saturated carbocycles. The third kappa shape index (κ3) is 3.73. The van der Waals surface area contributed by atoms with E-state index in [9.17, 15) is 4.79 Å². The lowest BCUT2D eigenvalue weighted by atomic mass is 9.87. The Morgan fingerprint density at radius 2 is 1.89 bits per heavy atom. The van der Waals surface area contributed by atoms with Crippen molar-refractivity contribution in [3.05, 3.63) is 59.2 Å². The summed E-state index contributed by atoms with van der Waals surface area (Å²) in [5.41, 5.74) is 3.02. The third-order valence-corrected chi connectivity index (χ3v) is 6.00. The van der Waals surface area contributed by atoms with Crippen molar-refractivity contribution in [3.8, 4) is 11.5 Å². The average molecular weight is 380 g/mol. The van der Waals surface area contributed by atoms with E-state index in [2.05, 4.69) is 13.0 Å². The summed E-state index contributed by atoms with van der Waals surface area (Å²) in [5, 5.41) is 0. The first kappa shape index (κ1) is 18.9. The highest BCUT2D eigenvalue weighted by atomic mass is 16.6. The Balaban J connectivity index is 1.72. The summed E-state index contributed by atoms with van der Waals surface area (Å²) < 4.78 is 18.1. The van der Waals surface area contributed by atoms with Crippen molar-refractivity contribution >= 4 is 5.97 Å². The van der Waals surface area contributed by atoms with Gasteiger partial charge in [0.15, 0.2) is 11.5 Å². The topological polar surface area (TPSA) is 44.8 Å². The molecule has 148 valence electrons. The number of esters is 1. The number of hydrogen-bond acceptors (Lipinski definition) is 4. The Bertz CT molecular complexity index is 830. The maximum Gasteiger partial charge on any atom is 0.338 e. The van der Waals surface area contributed by atoms with Crippen molar-refractivity contribution < 1.29 is 19.0 Å². The number of aryl methyl sites for hydroxylation is 1. The van der Waals surface area contributed by atoms with Crippen LogP contribution < -0.4 is 9.47 Å². The summed E-state index contributed by atoms with van der Waals surface area (Å²) in [6.07, 6.45) is 6.00. The first-order valence-corrected chi connectivity index (χ1v) is 10.3. The molecule has 0 aliphatic carbocycles. The molecule has 1 unspecified atom stereocenters. The molecule has 0 saturated heterocycles. The fourth-order valence-electron chi connectivity index (χ4n) is 4.45. The maximum absolute atomic E-state index is 12.7. The molecule has 2 aromatic carbocycles. The molecule has 0 aromatic heterocycles. The first-order chi connectivity index (χ1) is 13.7. The quantitative estimate of drug-likeness (QED) is 0.679. The van der Waals surface area contributed by atoms with Crippen molar-refractivity contribution in [2.75, 3.05) is 7.11 Å². The lowest BCUT2D eigenvalue weighted by Crippen LogP contribution is -2.28. The molecular weight excluding hydrogens is 352 g/mol. The van der Waals surface area contributed by atoms with Crippen molar-refractivity contribution in [3.63, 3.8) is 0 Å². The first-order valence-electron chi connectivity index (χ1n) is 10.3. The van der Waals surface area contributed by atoms with Crippen LogP contribution >= 0.6 is 0 Å². The van der Waals surface area contributed by atoms with E-state index in [0.29, 0.717) is 12.0 Å². The normalized spacial score (nSPS) is 24.0. The van der Waals surface area contributed by atoms with Crippen LogP contribution in [0.4, 0.5) is 0 Å². The van der Waals surface area contributed by atoms with E-state index in [1.165, 1.54) is 18.4 Å². The number of hydrogen-bond donors (Lipinski definition) is 0. The van der Waals surface area contributed by atoms with Gasteiger partial charge in [-0.2, -0.15) is 0 Å². The number of benzene rings is 2. The summed E-state index contributed by atoms with van der Waals surface area (Å²) >= 11 is 0. The molecule has 2 heterocycles. The molecule has 2 aliphatic rings. The molecule has 4 rings (SSSR count). The van der Waals surface area contributed by atoms with Gasteiger partial charge in [-0.1, -0.05) is 37.6 Å². The van der Waals surface area contributed by atoms with Gasteiger partial charge in [-0.3, -0.25) is 0 Å². The van der Waals surface area contributed by atoms with E-state index in [-0.39, 0.29) is 24.1 Å². The van der Waals surface area contributed by atoms with Gasteiger partial charge in [0.05, 0.1) is 12.7 Å². The van der Waals surface area contributed by atoms with Crippen LogP contribution in [0.1, 0.15) is 66.4 Å². The van der Waals surface area contributed by atoms with Crippen LogP contribution in [0, 0.1) is 0 Å². The molecule has 0 amide bonds. The highest BCUT2D eigenvalue weighted by Gasteiger charge is 2.36. The SMILES string of the molecule is COc1ccc2c3c1OC(CCCCC2)C[C@@H](OC(=O)c1ccccc1)[C@@H]3C. The Hall–Kier alpha value is -2.49. The van der Waals surface area contributed by atoms with Gasteiger partial charge in [0.25, 0.3) is 0 Å². The van der Waals surface area contributed by atoms with Gasteiger partial charge in [-0.15, -0.1) is 0 Å². The van der Waals surface area contributed by atoms with Crippen LogP contribution in [0.25, 0.3) is 0 Å². The molecular formula is C24H28O4. The van der Waals surface area contributed by atoms with Crippen LogP contribution in [0.5, 0.6) is 11.5 Å². The molecule has 2 aliphatic heterocycles. The van der Waals surface area contributed by atoms with Crippen LogP contribution in [-0.4, -0.2) is 25.3 Å². The van der Waals surface area contributed by atoms with Crippen LogP contribution in [0.2, 0.25) is 0 Å². The number of carbonyl (C=O) groups excluding carboxylic acids is 1. The van der Waals surface area contributed by atoms with Gasteiger partial charge in [0.1, 0.15) is 12.2 Å². The Labute approximate surface area is 166 Å². The number of carbonyl (C=O) groups is 1. The van der Waals surface area contributed by atoms with Crippen LogP contribution in [-0.2, 0) is 11.2 Å². The number of rotatable bonds is 3. The van der Waals surface area contributed by atoms with E-state index in [1.54, 1.807) is 19.2 Å². The van der Waals surface area contributed by atoms with E-state index < -0.39 is 0 Å². The van der Waals surface area contributed by atoms with E-state index >= 15 is 0 Å². The molecule has 4 heteroatoms. The Morgan fingerprint density at radius 1 is 1.07 bits per heavy atom. The Morgan fingerprint density at radius 3 is 2.68 bits per heavy atom. The monoisotopic (exact) mass is 380 g/mol. The van der Waals surface area contributed by atoms with E-state index in [4.69, 9.17) is 14.2 Å².